The molecule has 1 heterocycles. The largest absolute Gasteiger partial charge is 0.411 e. The summed E-state index contributed by atoms with van der Waals surface area (Å²) in [6, 6.07) is 13.8. The quantitative estimate of drug-likeness (QED) is 0.689. The van der Waals surface area contributed by atoms with Crippen LogP contribution in [0.15, 0.2) is 52.1 Å². The van der Waals surface area contributed by atoms with E-state index in [1.165, 1.54) is 17.3 Å². The molecule has 3 rings (SSSR count). The van der Waals surface area contributed by atoms with Crippen LogP contribution in [0.4, 0.5) is 5.69 Å². The molecule has 0 saturated heterocycles. The third-order valence-electron chi connectivity index (χ3n) is 3.65. The Labute approximate surface area is 150 Å². The fraction of sp³-hybridized carbons (Fsp3) is 0.211. The summed E-state index contributed by atoms with van der Waals surface area (Å²) >= 11 is 1.22. The van der Waals surface area contributed by atoms with Crippen molar-refractivity contribution in [3.63, 3.8) is 0 Å². The molecule has 0 fully saturated rings. The summed E-state index contributed by atoms with van der Waals surface area (Å²) in [6.07, 6.45) is 0. The fourth-order valence-corrected chi connectivity index (χ4v) is 2.99. The molecule has 0 aliphatic carbocycles. The first-order valence-corrected chi connectivity index (χ1v) is 8.90. The summed E-state index contributed by atoms with van der Waals surface area (Å²) in [6.45, 7) is 6.00. The number of hydrogen-bond donors (Lipinski definition) is 1. The number of carbonyl (C=O) groups is 1. The van der Waals surface area contributed by atoms with E-state index in [0.29, 0.717) is 11.1 Å². The van der Waals surface area contributed by atoms with Crippen LogP contribution in [-0.2, 0) is 4.79 Å². The SMILES string of the molecule is Cc1cccc(-c2nnc(SCC(=O)Nc3ccc(C)cc3C)o2)c1. The number of benzene rings is 2. The van der Waals surface area contributed by atoms with Crippen molar-refractivity contribution in [2.75, 3.05) is 11.1 Å². The van der Waals surface area contributed by atoms with Gasteiger partial charge in [-0.2, -0.15) is 0 Å². The van der Waals surface area contributed by atoms with E-state index < -0.39 is 0 Å². The van der Waals surface area contributed by atoms with Crippen molar-refractivity contribution in [2.24, 2.45) is 0 Å². The molecule has 0 unspecified atom stereocenters. The zero-order valence-corrected chi connectivity index (χ0v) is 15.2. The van der Waals surface area contributed by atoms with E-state index in [-0.39, 0.29) is 11.7 Å². The Hall–Kier alpha value is -2.60. The minimum atomic E-state index is -0.104. The first-order chi connectivity index (χ1) is 12.0. The van der Waals surface area contributed by atoms with Gasteiger partial charge in [0, 0.05) is 11.3 Å². The summed E-state index contributed by atoms with van der Waals surface area (Å²) in [7, 11) is 0. The molecule has 5 nitrogen and oxygen atoms in total. The predicted molar refractivity (Wildman–Crippen MR) is 99.7 cm³/mol. The van der Waals surface area contributed by atoms with E-state index >= 15 is 0 Å². The Kier molecular flexibility index (Phi) is 5.19. The smallest absolute Gasteiger partial charge is 0.277 e. The second-order valence-electron chi connectivity index (χ2n) is 5.90. The second-order valence-corrected chi connectivity index (χ2v) is 6.82. The van der Waals surface area contributed by atoms with Crippen LogP contribution in [-0.4, -0.2) is 21.9 Å². The molecule has 0 aliphatic heterocycles. The maximum Gasteiger partial charge on any atom is 0.277 e. The number of carbonyl (C=O) groups excluding carboxylic acids is 1. The van der Waals surface area contributed by atoms with Gasteiger partial charge in [0.05, 0.1) is 5.75 Å². The first-order valence-electron chi connectivity index (χ1n) is 7.92. The van der Waals surface area contributed by atoms with Gasteiger partial charge in [0.1, 0.15) is 0 Å². The number of aryl methyl sites for hydroxylation is 3. The summed E-state index contributed by atoms with van der Waals surface area (Å²) < 4.78 is 5.63. The molecule has 0 spiro atoms. The Balaban J connectivity index is 1.59. The zero-order valence-electron chi connectivity index (χ0n) is 14.4. The Bertz CT molecular complexity index is 905. The number of rotatable bonds is 5. The normalized spacial score (nSPS) is 10.7. The number of nitrogens with zero attached hydrogens (tertiary/aromatic N) is 2. The highest BCUT2D eigenvalue weighted by atomic mass is 32.2. The third-order valence-corrected chi connectivity index (χ3v) is 4.47. The van der Waals surface area contributed by atoms with Crippen molar-refractivity contribution in [1.82, 2.24) is 10.2 Å². The molecule has 1 aromatic heterocycles. The van der Waals surface area contributed by atoms with Crippen molar-refractivity contribution in [1.29, 1.82) is 0 Å². The highest BCUT2D eigenvalue weighted by Gasteiger charge is 2.12. The fourth-order valence-electron chi connectivity index (χ4n) is 2.43. The van der Waals surface area contributed by atoms with E-state index in [1.807, 2.05) is 63.2 Å². The Morgan fingerprint density at radius 1 is 1.08 bits per heavy atom. The van der Waals surface area contributed by atoms with Gasteiger partial charge in [0.25, 0.3) is 5.22 Å². The zero-order chi connectivity index (χ0) is 17.8. The average Bonchev–Trinajstić information content (AvgIpc) is 3.05. The molecular formula is C19H19N3O2S. The van der Waals surface area contributed by atoms with Gasteiger partial charge < -0.3 is 9.73 Å². The van der Waals surface area contributed by atoms with E-state index in [9.17, 15) is 4.79 Å². The van der Waals surface area contributed by atoms with E-state index in [1.54, 1.807) is 0 Å². The molecule has 3 aromatic rings. The lowest BCUT2D eigenvalue weighted by atomic mass is 10.1. The maximum atomic E-state index is 12.1. The molecule has 2 aromatic carbocycles. The van der Waals surface area contributed by atoms with Crippen LogP contribution in [0.2, 0.25) is 0 Å². The van der Waals surface area contributed by atoms with Gasteiger partial charge in [-0.25, -0.2) is 0 Å². The molecule has 128 valence electrons. The van der Waals surface area contributed by atoms with Crippen LogP contribution in [0.5, 0.6) is 0 Å². The Morgan fingerprint density at radius 2 is 1.88 bits per heavy atom. The molecule has 0 radical (unpaired) electrons. The summed E-state index contributed by atoms with van der Waals surface area (Å²) in [5.41, 5.74) is 5.02. The lowest BCUT2D eigenvalue weighted by Crippen LogP contribution is -2.14. The molecule has 0 atom stereocenters. The molecular weight excluding hydrogens is 334 g/mol. The van der Waals surface area contributed by atoms with Gasteiger partial charge in [-0.15, -0.1) is 10.2 Å². The van der Waals surface area contributed by atoms with Crippen molar-refractivity contribution >= 4 is 23.4 Å². The minimum Gasteiger partial charge on any atom is -0.411 e. The number of amides is 1. The molecule has 6 heteroatoms. The number of nitrogens with one attached hydrogen (secondary N) is 1. The average molecular weight is 353 g/mol. The Morgan fingerprint density at radius 3 is 2.64 bits per heavy atom. The number of aromatic nitrogens is 2. The van der Waals surface area contributed by atoms with Crippen molar-refractivity contribution in [3.05, 3.63) is 59.2 Å². The van der Waals surface area contributed by atoms with Crippen molar-refractivity contribution in [2.45, 2.75) is 26.0 Å². The second kappa shape index (κ2) is 7.53. The summed E-state index contributed by atoms with van der Waals surface area (Å²) in [5, 5.41) is 11.3. The summed E-state index contributed by atoms with van der Waals surface area (Å²) in [5.74, 6) is 0.566. The third kappa shape index (κ3) is 4.48. The molecule has 0 bridgehead atoms. The predicted octanol–water partition coefficient (Wildman–Crippen LogP) is 4.39. The lowest BCUT2D eigenvalue weighted by molar-refractivity contribution is -0.113. The van der Waals surface area contributed by atoms with Crippen LogP contribution in [0.25, 0.3) is 11.5 Å². The van der Waals surface area contributed by atoms with E-state index in [2.05, 4.69) is 15.5 Å². The van der Waals surface area contributed by atoms with Crippen molar-refractivity contribution in [3.8, 4) is 11.5 Å². The van der Waals surface area contributed by atoms with Gasteiger partial charge in [-0.05, 0) is 44.5 Å². The van der Waals surface area contributed by atoms with Crippen LogP contribution in [0.1, 0.15) is 16.7 Å². The molecule has 25 heavy (non-hydrogen) atoms. The van der Waals surface area contributed by atoms with Crippen LogP contribution >= 0.6 is 11.8 Å². The van der Waals surface area contributed by atoms with E-state index in [0.717, 1.165) is 22.4 Å². The standard InChI is InChI=1S/C19H19N3O2S/c1-12-5-4-6-15(10-12)18-21-22-19(24-18)25-11-17(23)20-16-8-7-13(2)9-14(16)3/h4-10H,11H2,1-3H3,(H,20,23). The maximum absolute atomic E-state index is 12.1. The van der Waals surface area contributed by atoms with Gasteiger partial charge in [-0.3, -0.25) is 4.79 Å². The first kappa shape index (κ1) is 17.2. The number of thioether (sulfide) groups is 1. The van der Waals surface area contributed by atoms with Gasteiger partial charge >= 0.3 is 0 Å². The topological polar surface area (TPSA) is 68.0 Å². The molecule has 1 N–H and O–H groups in total. The highest BCUT2D eigenvalue weighted by Crippen LogP contribution is 2.24. The lowest BCUT2D eigenvalue weighted by Gasteiger charge is -2.08. The molecule has 0 saturated carbocycles. The number of anilines is 1. The van der Waals surface area contributed by atoms with Gasteiger partial charge in [-0.1, -0.05) is 47.2 Å². The number of hydrogen-bond acceptors (Lipinski definition) is 5. The van der Waals surface area contributed by atoms with Gasteiger partial charge in [0.15, 0.2) is 0 Å². The highest BCUT2D eigenvalue weighted by molar-refractivity contribution is 7.99. The minimum absolute atomic E-state index is 0.104. The summed E-state index contributed by atoms with van der Waals surface area (Å²) in [4.78, 5) is 12.1. The van der Waals surface area contributed by atoms with Crippen LogP contribution in [0.3, 0.4) is 0 Å². The van der Waals surface area contributed by atoms with E-state index in [4.69, 9.17) is 4.42 Å². The molecule has 0 aliphatic rings. The van der Waals surface area contributed by atoms with Crippen LogP contribution in [0, 0.1) is 20.8 Å². The van der Waals surface area contributed by atoms with Gasteiger partial charge in [0.2, 0.25) is 11.8 Å². The monoisotopic (exact) mass is 353 g/mol. The van der Waals surface area contributed by atoms with Crippen molar-refractivity contribution < 1.29 is 9.21 Å². The van der Waals surface area contributed by atoms with Crippen LogP contribution < -0.4 is 5.32 Å². The molecule has 1 amide bonds.